The number of hydrogen-bond donors (Lipinski definition) is 1. The van der Waals surface area contributed by atoms with E-state index in [9.17, 15) is 4.79 Å². The second-order valence-electron chi connectivity index (χ2n) is 4.55. The number of halogens is 3. The Morgan fingerprint density at radius 1 is 0.950 bits per heavy atom. The molecule has 1 N–H and O–H groups in total. The van der Waals surface area contributed by atoms with Crippen LogP contribution in [0.25, 0.3) is 0 Å². The zero-order valence-electron chi connectivity index (χ0n) is 10.9. The second-order valence-corrected chi connectivity index (χ2v) is 5.83. The van der Waals surface area contributed by atoms with Crippen LogP contribution in [0.3, 0.4) is 0 Å². The first kappa shape index (κ1) is 15.2. The summed E-state index contributed by atoms with van der Waals surface area (Å²) in [5.41, 5.74) is 2.92. The Hall–Kier alpha value is -1.22. The maximum Gasteiger partial charge on any atom is 0.255 e. The number of aryl methyl sites for hydroxylation is 2. The lowest BCUT2D eigenvalue weighted by Crippen LogP contribution is -2.13. The molecule has 0 saturated heterocycles. The van der Waals surface area contributed by atoms with Crippen LogP contribution in [0, 0.1) is 13.8 Å². The van der Waals surface area contributed by atoms with E-state index in [1.807, 2.05) is 19.9 Å². The fourth-order valence-corrected chi connectivity index (χ4v) is 2.84. The Balaban J connectivity index is 2.32. The van der Waals surface area contributed by atoms with Crippen molar-refractivity contribution in [3.05, 3.63) is 62.1 Å². The molecule has 2 aromatic carbocycles. The van der Waals surface area contributed by atoms with Gasteiger partial charge in [0.1, 0.15) is 0 Å². The highest BCUT2D eigenvalue weighted by Crippen LogP contribution is 2.28. The van der Waals surface area contributed by atoms with Gasteiger partial charge in [0.05, 0.1) is 10.7 Å². The SMILES string of the molecule is Cc1cc(C)c(NC(=O)c2cc(Cl)cc(Cl)c2)c(Cl)c1. The third kappa shape index (κ3) is 3.45. The van der Waals surface area contributed by atoms with E-state index in [-0.39, 0.29) is 5.91 Å². The quantitative estimate of drug-likeness (QED) is 0.773. The third-order valence-electron chi connectivity index (χ3n) is 2.80. The first-order chi connectivity index (χ1) is 9.36. The molecule has 1 amide bonds. The number of amides is 1. The Kier molecular flexibility index (Phi) is 4.59. The van der Waals surface area contributed by atoms with Gasteiger partial charge in [-0.25, -0.2) is 0 Å². The highest BCUT2D eigenvalue weighted by molar-refractivity contribution is 6.36. The summed E-state index contributed by atoms with van der Waals surface area (Å²) in [6.07, 6.45) is 0. The average Bonchev–Trinajstić information content (AvgIpc) is 2.32. The van der Waals surface area contributed by atoms with Crippen LogP contribution in [-0.2, 0) is 0 Å². The van der Waals surface area contributed by atoms with Crippen molar-refractivity contribution in [3.63, 3.8) is 0 Å². The van der Waals surface area contributed by atoms with Gasteiger partial charge in [-0.05, 0) is 49.2 Å². The van der Waals surface area contributed by atoms with Crippen LogP contribution in [0.1, 0.15) is 21.5 Å². The summed E-state index contributed by atoms with van der Waals surface area (Å²) in [6.45, 7) is 3.83. The first-order valence-electron chi connectivity index (χ1n) is 5.91. The number of anilines is 1. The van der Waals surface area contributed by atoms with Crippen LogP contribution in [0.15, 0.2) is 30.3 Å². The van der Waals surface area contributed by atoms with Gasteiger partial charge in [0.25, 0.3) is 5.91 Å². The van der Waals surface area contributed by atoms with Crippen LogP contribution in [-0.4, -0.2) is 5.91 Å². The normalized spacial score (nSPS) is 10.4. The van der Waals surface area contributed by atoms with E-state index in [1.165, 1.54) is 0 Å². The molecular formula is C15H12Cl3NO. The van der Waals surface area contributed by atoms with Crippen molar-refractivity contribution >= 4 is 46.4 Å². The molecule has 2 rings (SSSR count). The zero-order chi connectivity index (χ0) is 14.9. The predicted molar refractivity (Wildman–Crippen MR) is 85.3 cm³/mol. The number of benzene rings is 2. The lowest BCUT2D eigenvalue weighted by atomic mass is 10.1. The summed E-state index contributed by atoms with van der Waals surface area (Å²) in [7, 11) is 0. The number of carbonyl (C=O) groups excluding carboxylic acids is 1. The minimum Gasteiger partial charge on any atom is -0.320 e. The maximum absolute atomic E-state index is 12.2. The fourth-order valence-electron chi connectivity index (χ4n) is 1.94. The highest BCUT2D eigenvalue weighted by Gasteiger charge is 2.12. The van der Waals surface area contributed by atoms with Crippen molar-refractivity contribution in [1.29, 1.82) is 0 Å². The molecule has 104 valence electrons. The van der Waals surface area contributed by atoms with Gasteiger partial charge < -0.3 is 5.32 Å². The Morgan fingerprint density at radius 2 is 1.55 bits per heavy atom. The molecule has 0 bridgehead atoms. The zero-order valence-corrected chi connectivity index (χ0v) is 13.2. The van der Waals surface area contributed by atoms with Gasteiger partial charge in [-0.2, -0.15) is 0 Å². The summed E-state index contributed by atoms with van der Waals surface area (Å²) in [4.78, 5) is 12.2. The van der Waals surface area contributed by atoms with E-state index in [1.54, 1.807) is 24.3 Å². The van der Waals surface area contributed by atoms with Crippen LogP contribution in [0.5, 0.6) is 0 Å². The van der Waals surface area contributed by atoms with Gasteiger partial charge in [-0.1, -0.05) is 40.9 Å². The van der Waals surface area contributed by atoms with Crippen molar-refractivity contribution in [2.75, 3.05) is 5.32 Å². The predicted octanol–water partition coefficient (Wildman–Crippen LogP) is 5.52. The van der Waals surface area contributed by atoms with Crippen molar-refractivity contribution in [1.82, 2.24) is 0 Å². The highest BCUT2D eigenvalue weighted by atomic mass is 35.5. The molecular weight excluding hydrogens is 317 g/mol. The van der Waals surface area contributed by atoms with Crippen molar-refractivity contribution in [3.8, 4) is 0 Å². The van der Waals surface area contributed by atoms with Gasteiger partial charge in [0, 0.05) is 15.6 Å². The minimum absolute atomic E-state index is 0.303. The van der Waals surface area contributed by atoms with Gasteiger partial charge in [0.2, 0.25) is 0 Å². The Morgan fingerprint density at radius 3 is 2.10 bits per heavy atom. The largest absolute Gasteiger partial charge is 0.320 e. The van der Waals surface area contributed by atoms with E-state index in [0.717, 1.165) is 11.1 Å². The molecule has 0 heterocycles. The van der Waals surface area contributed by atoms with E-state index >= 15 is 0 Å². The molecule has 0 aliphatic carbocycles. The molecule has 0 aliphatic heterocycles. The van der Waals surface area contributed by atoms with E-state index < -0.39 is 0 Å². The standard InChI is InChI=1S/C15H12Cl3NO/c1-8-3-9(2)14(13(18)4-8)19-15(20)10-5-11(16)7-12(17)6-10/h3-7H,1-2H3,(H,19,20). The molecule has 0 atom stereocenters. The molecule has 20 heavy (non-hydrogen) atoms. The minimum atomic E-state index is -0.303. The average molecular weight is 329 g/mol. The van der Waals surface area contributed by atoms with E-state index in [0.29, 0.717) is 26.3 Å². The lowest BCUT2D eigenvalue weighted by molar-refractivity contribution is 0.102. The number of rotatable bonds is 2. The lowest BCUT2D eigenvalue weighted by Gasteiger charge is -2.12. The van der Waals surface area contributed by atoms with Gasteiger partial charge in [-0.3, -0.25) is 4.79 Å². The van der Waals surface area contributed by atoms with Crippen molar-refractivity contribution in [2.24, 2.45) is 0 Å². The Bertz CT molecular complexity index is 640. The maximum atomic E-state index is 12.2. The number of nitrogens with one attached hydrogen (secondary N) is 1. The number of hydrogen-bond acceptors (Lipinski definition) is 1. The number of carbonyl (C=O) groups is 1. The third-order valence-corrected chi connectivity index (χ3v) is 3.53. The summed E-state index contributed by atoms with van der Waals surface area (Å²) >= 11 is 17.9. The molecule has 2 nitrogen and oxygen atoms in total. The molecule has 2 aromatic rings. The summed E-state index contributed by atoms with van der Waals surface area (Å²) in [6, 6.07) is 8.44. The van der Waals surface area contributed by atoms with Gasteiger partial charge >= 0.3 is 0 Å². The molecule has 0 aliphatic rings. The van der Waals surface area contributed by atoms with E-state index in [2.05, 4.69) is 5.32 Å². The van der Waals surface area contributed by atoms with Crippen LogP contribution in [0.4, 0.5) is 5.69 Å². The van der Waals surface area contributed by atoms with E-state index in [4.69, 9.17) is 34.8 Å². The topological polar surface area (TPSA) is 29.1 Å². The monoisotopic (exact) mass is 327 g/mol. The molecule has 0 saturated carbocycles. The molecule has 0 unspecified atom stereocenters. The van der Waals surface area contributed by atoms with Crippen molar-refractivity contribution in [2.45, 2.75) is 13.8 Å². The molecule has 0 aromatic heterocycles. The first-order valence-corrected chi connectivity index (χ1v) is 7.04. The Labute approximate surface area is 132 Å². The van der Waals surface area contributed by atoms with Gasteiger partial charge in [0.15, 0.2) is 0 Å². The summed E-state index contributed by atoms with van der Waals surface area (Å²) in [5.74, 6) is -0.303. The van der Waals surface area contributed by atoms with Gasteiger partial charge in [-0.15, -0.1) is 0 Å². The van der Waals surface area contributed by atoms with Crippen LogP contribution < -0.4 is 5.32 Å². The molecule has 0 fully saturated rings. The fraction of sp³-hybridized carbons (Fsp3) is 0.133. The molecule has 5 heteroatoms. The molecule has 0 radical (unpaired) electrons. The second kappa shape index (κ2) is 6.04. The van der Waals surface area contributed by atoms with Crippen molar-refractivity contribution < 1.29 is 4.79 Å². The summed E-state index contributed by atoms with van der Waals surface area (Å²) in [5, 5.41) is 4.11. The summed E-state index contributed by atoms with van der Waals surface area (Å²) < 4.78 is 0. The smallest absolute Gasteiger partial charge is 0.255 e. The van der Waals surface area contributed by atoms with Crippen LogP contribution >= 0.6 is 34.8 Å². The van der Waals surface area contributed by atoms with Crippen LogP contribution in [0.2, 0.25) is 15.1 Å². The molecule has 0 spiro atoms.